The van der Waals surface area contributed by atoms with Gasteiger partial charge < -0.3 is 5.32 Å². The summed E-state index contributed by atoms with van der Waals surface area (Å²) < 4.78 is 0. The van der Waals surface area contributed by atoms with E-state index in [1.807, 2.05) is 54.8 Å². The number of benzene rings is 2. The van der Waals surface area contributed by atoms with Gasteiger partial charge in [0.2, 0.25) is 5.91 Å². The molecular weight excluding hydrogens is 316 g/mol. The van der Waals surface area contributed by atoms with Gasteiger partial charge in [0.25, 0.3) is 0 Å². The van der Waals surface area contributed by atoms with Crippen molar-refractivity contribution in [2.45, 2.75) is 11.4 Å². The van der Waals surface area contributed by atoms with Crippen molar-refractivity contribution in [3.8, 4) is 0 Å². The van der Waals surface area contributed by atoms with E-state index in [2.05, 4.69) is 22.4 Å². The van der Waals surface area contributed by atoms with E-state index in [1.165, 1.54) is 4.90 Å². The number of rotatable bonds is 5. The van der Waals surface area contributed by atoms with Gasteiger partial charge in [-0.15, -0.1) is 11.8 Å². The molecule has 0 fully saturated rings. The Morgan fingerprint density at radius 1 is 1.12 bits per heavy atom. The summed E-state index contributed by atoms with van der Waals surface area (Å²) in [4.78, 5) is 17.6. The molecule has 2 aromatic carbocycles. The highest BCUT2D eigenvalue weighted by molar-refractivity contribution is 7.98. The van der Waals surface area contributed by atoms with Gasteiger partial charge in [-0.1, -0.05) is 30.3 Å². The lowest BCUT2D eigenvalue weighted by atomic mass is 10.1. The molecule has 0 saturated heterocycles. The number of carbonyl (C=O) groups excluding carboxylic acids is 1. The van der Waals surface area contributed by atoms with Crippen LogP contribution in [0.2, 0.25) is 0 Å². The molecular formula is C20H18N2OS. The van der Waals surface area contributed by atoms with Crippen molar-refractivity contribution in [2.24, 2.45) is 0 Å². The molecule has 120 valence electrons. The minimum absolute atomic E-state index is 0.107. The van der Waals surface area contributed by atoms with E-state index in [1.54, 1.807) is 24.0 Å². The van der Waals surface area contributed by atoms with E-state index in [0.29, 0.717) is 6.54 Å². The maximum absolute atomic E-state index is 12.0. The van der Waals surface area contributed by atoms with E-state index in [-0.39, 0.29) is 5.91 Å². The van der Waals surface area contributed by atoms with Gasteiger partial charge in [0.05, 0.1) is 5.52 Å². The lowest BCUT2D eigenvalue weighted by Gasteiger charge is -2.04. The maximum Gasteiger partial charge on any atom is 0.244 e. The zero-order valence-electron chi connectivity index (χ0n) is 13.4. The number of carbonyl (C=O) groups is 1. The van der Waals surface area contributed by atoms with Crippen LogP contribution in [-0.2, 0) is 11.3 Å². The Hall–Kier alpha value is -2.59. The third-order valence-corrected chi connectivity index (χ3v) is 4.47. The minimum atomic E-state index is -0.107. The molecule has 3 rings (SSSR count). The topological polar surface area (TPSA) is 42.0 Å². The average molecular weight is 334 g/mol. The summed E-state index contributed by atoms with van der Waals surface area (Å²) in [6.07, 6.45) is 7.20. The molecule has 0 atom stereocenters. The first-order valence-electron chi connectivity index (χ1n) is 7.69. The van der Waals surface area contributed by atoms with Gasteiger partial charge in [-0.05, 0) is 47.7 Å². The number of hydrogen-bond acceptors (Lipinski definition) is 3. The lowest BCUT2D eigenvalue weighted by Crippen LogP contribution is -2.20. The second kappa shape index (κ2) is 7.79. The number of aromatic nitrogens is 1. The van der Waals surface area contributed by atoms with Crippen LogP contribution in [0.3, 0.4) is 0 Å². The largest absolute Gasteiger partial charge is 0.348 e. The zero-order valence-corrected chi connectivity index (χ0v) is 14.2. The summed E-state index contributed by atoms with van der Waals surface area (Å²) in [6, 6.07) is 18.0. The molecule has 1 N–H and O–H groups in total. The molecule has 0 radical (unpaired) electrons. The summed E-state index contributed by atoms with van der Waals surface area (Å²) in [5.74, 6) is -0.107. The summed E-state index contributed by atoms with van der Waals surface area (Å²) in [7, 11) is 0. The van der Waals surface area contributed by atoms with Crippen LogP contribution in [0, 0.1) is 0 Å². The van der Waals surface area contributed by atoms with E-state index in [4.69, 9.17) is 0 Å². The van der Waals surface area contributed by atoms with Crippen molar-refractivity contribution in [3.63, 3.8) is 0 Å². The summed E-state index contributed by atoms with van der Waals surface area (Å²) in [5, 5.41) is 3.95. The quantitative estimate of drug-likeness (QED) is 0.559. The molecule has 3 aromatic rings. The molecule has 1 aromatic heterocycles. The van der Waals surface area contributed by atoms with Crippen LogP contribution in [0.25, 0.3) is 17.0 Å². The summed E-state index contributed by atoms with van der Waals surface area (Å²) in [5.41, 5.74) is 3.00. The Balaban J connectivity index is 1.64. The number of nitrogens with one attached hydrogen (secondary N) is 1. The number of nitrogens with zero attached hydrogens (tertiary/aromatic N) is 1. The van der Waals surface area contributed by atoms with Crippen LogP contribution in [0.4, 0.5) is 0 Å². The Kier molecular flexibility index (Phi) is 5.29. The number of thioether (sulfide) groups is 1. The number of fused-ring (bicyclic) bond motifs is 1. The highest BCUT2D eigenvalue weighted by atomic mass is 32.2. The molecule has 1 heterocycles. The van der Waals surface area contributed by atoms with Crippen molar-refractivity contribution in [2.75, 3.05) is 6.26 Å². The Labute approximate surface area is 145 Å². The number of para-hydroxylation sites is 1. The number of pyridine rings is 1. The zero-order chi connectivity index (χ0) is 16.8. The summed E-state index contributed by atoms with van der Waals surface area (Å²) in [6.45, 7) is 0.523. The average Bonchev–Trinajstić information content (AvgIpc) is 2.65. The first-order valence-corrected chi connectivity index (χ1v) is 8.91. The molecule has 0 aliphatic heterocycles. The molecule has 3 nitrogen and oxygen atoms in total. The predicted octanol–water partition coefficient (Wildman–Crippen LogP) is 4.29. The molecule has 1 amide bonds. The van der Waals surface area contributed by atoms with Crippen LogP contribution in [0.15, 0.2) is 71.8 Å². The minimum Gasteiger partial charge on any atom is -0.348 e. The lowest BCUT2D eigenvalue weighted by molar-refractivity contribution is -0.116. The van der Waals surface area contributed by atoms with Crippen LogP contribution in [0.5, 0.6) is 0 Å². The van der Waals surface area contributed by atoms with Crippen molar-refractivity contribution in [1.29, 1.82) is 0 Å². The second-order valence-corrected chi connectivity index (χ2v) is 6.20. The fourth-order valence-corrected chi connectivity index (χ4v) is 2.83. The number of hydrogen-bond donors (Lipinski definition) is 1. The molecule has 0 saturated carbocycles. The van der Waals surface area contributed by atoms with Crippen molar-refractivity contribution in [1.82, 2.24) is 10.3 Å². The standard InChI is InChI=1S/C20H18N2OS/c1-24-17-9-6-15(7-10-17)14-22-20(23)11-8-16-12-13-21-19-5-3-2-4-18(16)19/h2-13H,14H2,1H3,(H,22,23)/b11-8+. The monoisotopic (exact) mass is 334 g/mol. The molecule has 0 bridgehead atoms. The van der Waals surface area contributed by atoms with Crippen molar-refractivity contribution >= 4 is 34.6 Å². The Bertz CT molecular complexity index is 867. The Morgan fingerprint density at radius 2 is 1.92 bits per heavy atom. The van der Waals surface area contributed by atoms with Gasteiger partial charge in [-0.2, -0.15) is 0 Å². The SMILES string of the molecule is CSc1ccc(CNC(=O)/C=C/c2ccnc3ccccc23)cc1. The third-order valence-electron chi connectivity index (χ3n) is 3.72. The van der Waals surface area contributed by atoms with Gasteiger partial charge in [0, 0.05) is 29.1 Å². The van der Waals surface area contributed by atoms with E-state index >= 15 is 0 Å². The van der Waals surface area contributed by atoms with Crippen molar-refractivity contribution in [3.05, 3.63) is 78.0 Å². The van der Waals surface area contributed by atoms with Crippen LogP contribution in [0.1, 0.15) is 11.1 Å². The Morgan fingerprint density at radius 3 is 2.71 bits per heavy atom. The second-order valence-electron chi connectivity index (χ2n) is 5.32. The maximum atomic E-state index is 12.0. The van der Waals surface area contributed by atoms with Gasteiger partial charge in [0.15, 0.2) is 0 Å². The fourth-order valence-electron chi connectivity index (χ4n) is 2.42. The first kappa shape index (κ1) is 16.3. The van der Waals surface area contributed by atoms with E-state index in [9.17, 15) is 4.79 Å². The van der Waals surface area contributed by atoms with Crippen LogP contribution in [-0.4, -0.2) is 17.1 Å². The first-order chi connectivity index (χ1) is 11.8. The predicted molar refractivity (Wildman–Crippen MR) is 101 cm³/mol. The molecule has 0 unspecified atom stereocenters. The third kappa shape index (κ3) is 4.03. The smallest absolute Gasteiger partial charge is 0.244 e. The number of amides is 1. The highest BCUT2D eigenvalue weighted by Crippen LogP contribution is 2.17. The fraction of sp³-hybridized carbons (Fsp3) is 0.100. The molecule has 0 aliphatic rings. The van der Waals surface area contributed by atoms with E-state index in [0.717, 1.165) is 22.0 Å². The van der Waals surface area contributed by atoms with Gasteiger partial charge in [-0.3, -0.25) is 9.78 Å². The molecule has 0 aliphatic carbocycles. The van der Waals surface area contributed by atoms with Crippen molar-refractivity contribution < 1.29 is 4.79 Å². The van der Waals surface area contributed by atoms with Gasteiger partial charge in [-0.25, -0.2) is 0 Å². The van der Waals surface area contributed by atoms with Gasteiger partial charge in [0.1, 0.15) is 0 Å². The molecule has 24 heavy (non-hydrogen) atoms. The van der Waals surface area contributed by atoms with E-state index < -0.39 is 0 Å². The summed E-state index contributed by atoms with van der Waals surface area (Å²) >= 11 is 1.70. The highest BCUT2D eigenvalue weighted by Gasteiger charge is 2.00. The van der Waals surface area contributed by atoms with Crippen LogP contribution >= 0.6 is 11.8 Å². The van der Waals surface area contributed by atoms with Gasteiger partial charge >= 0.3 is 0 Å². The normalized spacial score (nSPS) is 11.0. The molecule has 0 spiro atoms. The molecule has 4 heteroatoms. The van der Waals surface area contributed by atoms with Crippen LogP contribution < -0.4 is 5.32 Å².